The highest BCUT2D eigenvalue weighted by Crippen LogP contribution is 2.28. The predicted molar refractivity (Wildman–Crippen MR) is 66.9 cm³/mol. The molecule has 1 aromatic carbocycles. The molecule has 15 heavy (non-hydrogen) atoms. The molecule has 0 aliphatic heterocycles. The molecule has 3 heteroatoms. The van der Waals surface area contributed by atoms with E-state index in [1.165, 1.54) is 12.8 Å². The number of hydrogen-bond donors (Lipinski definition) is 2. The Kier molecular flexibility index (Phi) is 5.12. The molecule has 2 nitrogen and oxygen atoms in total. The van der Waals surface area contributed by atoms with Crippen molar-refractivity contribution in [3.05, 3.63) is 28.2 Å². The molecule has 0 aromatic heterocycles. The van der Waals surface area contributed by atoms with E-state index in [0.29, 0.717) is 5.75 Å². The number of nitrogens with two attached hydrogens (primary N) is 1. The van der Waals surface area contributed by atoms with E-state index in [2.05, 4.69) is 22.9 Å². The molecular formula is C12H18BrNO. The van der Waals surface area contributed by atoms with Crippen LogP contribution in [0.2, 0.25) is 0 Å². The van der Waals surface area contributed by atoms with Crippen LogP contribution in [0.3, 0.4) is 0 Å². The highest BCUT2D eigenvalue weighted by Gasteiger charge is 2.10. The summed E-state index contributed by atoms with van der Waals surface area (Å²) >= 11 is 3.38. The largest absolute Gasteiger partial charge is 0.508 e. The van der Waals surface area contributed by atoms with Gasteiger partial charge in [-0.25, -0.2) is 0 Å². The summed E-state index contributed by atoms with van der Waals surface area (Å²) in [4.78, 5) is 0. The van der Waals surface area contributed by atoms with Crippen LogP contribution in [0.1, 0.15) is 44.2 Å². The van der Waals surface area contributed by atoms with Crippen molar-refractivity contribution in [2.24, 2.45) is 5.73 Å². The van der Waals surface area contributed by atoms with E-state index in [1.807, 2.05) is 12.1 Å². The van der Waals surface area contributed by atoms with E-state index >= 15 is 0 Å². The van der Waals surface area contributed by atoms with Gasteiger partial charge < -0.3 is 10.8 Å². The second-order valence-electron chi connectivity index (χ2n) is 3.81. The van der Waals surface area contributed by atoms with Gasteiger partial charge in [-0.3, -0.25) is 0 Å². The van der Waals surface area contributed by atoms with Crippen LogP contribution in [0.15, 0.2) is 22.7 Å². The predicted octanol–water partition coefficient (Wildman–Crippen LogP) is 3.73. The topological polar surface area (TPSA) is 46.2 Å². The number of phenolic OH excluding ortho intramolecular Hbond substituents is 1. The summed E-state index contributed by atoms with van der Waals surface area (Å²) in [7, 11) is 0. The fourth-order valence-electron chi connectivity index (χ4n) is 1.59. The molecule has 0 saturated heterocycles. The number of halogens is 1. The molecule has 0 heterocycles. The van der Waals surface area contributed by atoms with Gasteiger partial charge in [-0.1, -0.05) is 42.1 Å². The van der Waals surface area contributed by atoms with Gasteiger partial charge in [0.2, 0.25) is 0 Å². The van der Waals surface area contributed by atoms with Gasteiger partial charge >= 0.3 is 0 Å². The SMILES string of the molecule is CCCCC[C@H](N)c1cc(Br)ccc1O. The van der Waals surface area contributed by atoms with Gasteiger partial charge in [0.05, 0.1) is 0 Å². The average Bonchev–Trinajstić information content (AvgIpc) is 2.22. The van der Waals surface area contributed by atoms with Crippen LogP contribution in [-0.4, -0.2) is 5.11 Å². The van der Waals surface area contributed by atoms with Crippen LogP contribution < -0.4 is 5.73 Å². The first kappa shape index (κ1) is 12.5. The van der Waals surface area contributed by atoms with Gasteiger partial charge in [-0.05, 0) is 24.6 Å². The zero-order valence-electron chi connectivity index (χ0n) is 9.04. The molecular weight excluding hydrogens is 254 g/mol. The molecule has 0 fully saturated rings. The zero-order chi connectivity index (χ0) is 11.3. The monoisotopic (exact) mass is 271 g/mol. The van der Waals surface area contributed by atoms with Crippen molar-refractivity contribution < 1.29 is 5.11 Å². The first-order valence-electron chi connectivity index (χ1n) is 5.39. The molecule has 0 unspecified atom stereocenters. The van der Waals surface area contributed by atoms with Crippen molar-refractivity contribution in [2.45, 2.75) is 38.6 Å². The Morgan fingerprint density at radius 1 is 1.40 bits per heavy atom. The maximum absolute atomic E-state index is 9.66. The van der Waals surface area contributed by atoms with Crippen molar-refractivity contribution >= 4 is 15.9 Å². The van der Waals surface area contributed by atoms with Gasteiger partial charge in [-0.15, -0.1) is 0 Å². The minimum absolute atomic E-state index is 0.0611. The van der Waals surface area contributed by atoms with Crippen molar-refractivity contribution in [3.63, 3.8) is 0 Å². The fraction of sp³-hybridized carbons (Fsp3) is 0.500. The van der Waals surface area contributed by atoms with Crippen LogP contribution in [-0.2, 0) is 0 Å². The van der Waals surface area contributed by atoms with Gasteiger partial charge in [0.15, 0.2) is 0 Å². The van der Waals surface area contributed by atoms with E-state index in [0.717, 1.165) is 22.9 Å². The smallest absolute Gasteiger partial charge is 0.120 e. The van der Waals surface area contributed by atoms with E-state index < -0.39 is 0 Å². The Hall–Kier alpha value is -0.540. The van der Waals surface area contributed by atoms with Crippen molar-refractivity contribution in [1.29, 1.82) is 0 Å². The summed E-state index contributed by atoms with van der Waals surface area (Å²) in [5.74, 6) is 0.294. The molecule has 0 bridgehead atoms. The molecule has 0 radical (unpaired) electrons. The van der Waals surface area contributed by atoms with Crippen LogP contribution in [0.5, 0.6) is 5.75 Å². The lowest BCUT2D eigenvalue weighted by Crippen LogP contribution is -2.10. The molecule has 1 aromatic rings. The molecule has 84 valence electrons. The van der Waals surface area contributed by atoms with E-state index in [9.17, 15) is 5.11 Å². The third kappa shape index (κ3) is 3.84. The third-order valence-corrected chi connectivity index (χ3v) is 3.00. The van der Waals surface area contributed by atoms with Crippen LogP contribution in [0, 0.1) is 0 Å². The van der Waals surface area contributed by atoms with Crippen LogP contribution in [0.25, 0.3) is 0 Å². The minimum Gasteiger partial charge on any atom is -0.508 e. The summed E-state index contributed by atoms with van der Waals surface area (Å²) in [5, 5.41) is 9.66. The molecule has 0 amide bonds. The number of benzene rings is 1. The first-order valence-corrected chi connectivity index (χ1v) is 6.18. The number of rotatable bonds is 5. The molecule has 1 atom stereocenters. The maximum Gasteiger partial charge on any atom is 0.120 e. The second kappa shape index (κ2) is 6.13. The Morgan fingerprint density at radius 2 is 2.13 bits per heavy atom. The molecule has 3 N–H and O–H groups in total. The van der Waals surface area contributed by atoms with Crippen LogP contribution in [0.4, 0.5) is 0 Å². The quantitative estimate of drug-likeness (QED) is 0.802. The molecule has 0 spiro atoms. The van der Waals surface area contributed by atoms with E-state index in [4.69, 9.17) is 5.73 Å². The normalized spacial score (nSPS) is 12.7. The molecule has 0 saturated carbocycles. The molecule has 1 rings (SSSR count). The number of unbranched alkanes of at least 4 members (excludes halogenated alkanes) is 2. The summed E-state index contributed by atoms with van der Waals surface area (Å²) in [6.07, 6.45) is 4.43. The third-order valence-electron chi connectivity index (χ3n) is 2.51. The Balaban J connectivity index is 2.64. The highest BCUT2D eigenvalue weighted by atomic mass is 79.9. The first-order chi connectivity index (χ1) is 7.15. The minimum atomic E-state index is -0.0611. The van der Waals surface area contributed by atoms with Crippen molar-refractivity contribution in [3.8, 4) is 5.75 Å². The molecule has 0 aliphatic carbocycles. The maximum atomic E-state index is 9.66. The summed E-state index contributed by atoms with van der Waals surface area (Å²) in [6, 6.07) is 5.33. The number of hydrogen-bond acceptors (Lipinski definition) is 2. The van der Waals surface area contributed by atoms with Crippen molar-refractivity contribution in [1.82, 2.24) is 0 Å². The lowest BCUT2D eigenvalue weighted by atomic mass is 10.0. The van der Waals surface area contributed by atoms with Gasteiger partial charge in [-0.2, -0.15) is 0 Å². The van der Waals surface area contributed by atoms with E-state index in [-0.39, 0.29) is 6.04 Å². The Bertz CT molecular complexity index is 314. The Labute approximate surface area is 99.6 Å². The lowest BCUT2D eigenvalue weighted by molar-refractivity contribution is 0.455. The number of aromatic hydroxyl groups is 1. The van der Waals surface area contributed by atoms with Gasteiger partial charge in [0.1, 0.15) is 5.75 Å². The Morgan fingerprint density at radius 3 is 2.80 bits per heavy atom. The second-order valence-corrected chi connectivity index (χ2v) is 4.72. The highest BCUT2D eigenvalue weighted by molar-refractivity contribution is 9.10. The number of phenols is 1. The molecule has 0 aliphatic rings. The van der Waals surface area contributed by atoms with Gasteiger partial charge in [0, 0.05) is 16.1 Å². The fourth-order valence-corrected chi connectivity index (χ4v) is 1.97. The summed E-state index contributed by atoms with van der Waals surface area (Å²) < 4.78 is 0.959. The zero-order valence-corrected chi connectivity index (χ0v) is 10.6. The summed E-state index contributed by atoms with van der Waals surface area (Å²) in [5.41, 5.74) is 6.86. The summed E-state index contributed by atoms with van der Waals surface area (Å²) in [6.45, 7) is 2.17. The van der Waals surface area contributed by atoms with Gasteiger partial charge in [0.25, 0.3) is 0 Å². The average molecular weight is 272 g/mol. The van der Waals surface area contributed by atoms with E-state index in [1.54, 1.807) is 6.07 Å². The lowest BCUT2D eigenvalue weighted by Gasteiger charge is -2.13. The standard InChI is InChI=1S/C12H18BrNO/c1-2-3-4-5-11(14)10-8-9(13)6-7-12(10)15/h6-8,11,15H,2-5,14H2,1H3/t11-/m0/s1. The van der Waals surface area contributed by atoms with Crippen LogP contribution >= 0.6 is 15.9 Å². The van der Waals surface area contributed by atoms with Crippen molar-refractivity contribution in [2.75, 3.05) is 0 Å².